The second kappa shape index (κ2) is 9.33. The molecule has 0 N–H and O–H groups in total. The molecule has 26 heavy (non-hydrogen) atoms. The molecule has 1 saturated heterocycles. The molecule has 1 aromatic heterocycles. The molecular weight excluding hydrogens is 352 g/mol. The van der Waals surface area contributed by atoms with E-state index in [4.69, 9.17) is 11.6 Å². The summed E-state index contributed by atoms with van der Waals surface area (Å²) in [5.74, 6) is 0.836. The van der Waals surface area contributed by atoms with Gasteiger partial charge in [-0.15, -0.1) is 0 Å². The number of pyridine rings is 1. The average Bonchev–Trinajstić information content (AvgIpc) is 2.89. The van der Waals surface area contributed by atoms with Crippen molar-refractivity contribution in [1.29, 1.82) is 0 Å². The molecule has 1 aromatic rings. The summed E-state index contributed by atoms with van der Waals surface area (Å²) in [6.07, 6.45) is 1.66. The van der Waals surface area contributed by atoms with Crippen molar-refractivity contribution in [2.45, 2.75) is 34.2 Å². The van der Waals surface area contributed by atoms with Gasteiger partial charge >= 0.3 is 6.03 Å². The van der Waals surface area contributed by atoms with Gasteiger partial charge in [-0.25, -0.2) is 9.78 Å². The van der Waals surface area contributed by atoms with Crippen molar-refractivity contribution >= 4 is 23.5 Å². The van der Waals surface area contributed by atoms with Crippen molar-refractivity contribution in [3.05, 3.63) is 29.0 Å². The Morgan fingerprint density at radius 1 is 1.19 bits per heavy atom. The summed E-state index contributed by atoms with van der Waals surface area (Å²) in [5, 5.41) is 0.425. The quantitative estimate of drug-likeness (QED) is 0.650. The minimum absolute atomic E-state index is 0.118. The Bertz CT molecular complexity index is 608. The lowest BCUT2D eigenvalue weighted by atomic mass is 10.1. The molecule has 0 aromatic carbocycles. The second-order valence-corrected chi connectivity index (χ2v) is 8.11. The molecule has 2 heterocycles. The van der Waals surface area contributed by atoms with Crippen LogP contribution in [-0.4, -0.2) is 64.3 Å². The number of urea groups is 1. The van der Waals surface area contributed by atoms with Crippen LogP contribution in [0, 0.1) is 11.8 Å². The third-order valence-electron chi connectivity index (χ3n) is 4.16. The molecule has 7 heteroatoms. The van der Waals surface area contributed by atoms with E-state index >= 15 is 0 Å². The first-order chi connectivity index (χ1) is 12.3. The average molecular weight is 381 g/mol. The number of aromatic nitrogens is 1. The van der Waals surface area contributed by atoms with E-state index in [9.17, 15) is 9.59 Å². The van der Waals surface area contributed by atoms with Crippen molar-refractivity contribution in [3.8, 4) is 0 Å². The maximum Gasteiger partial charge on any atom is 0.327 e. The summed E-state index contributed by atoms with van der Waals surface area (Å²) in [6, 6.07) is 3.33. The molecule has 0 unspecified atom stereocenters. The van der Waals surface area contributed by atoms with Crippen LogP contribution in [0.25, 0.3) is 0 Å². The van der Waals surface area contributed by atoms with Gasteiger partial charge in [0.2, 0.25) is 5.91 Å². The fourth-order valence-electron chi connectivity index (χ4n) is 3.19. The third-order valence-corrected chi connectivity index (χ3v) is 4.39. The SMILES string of the molecule is CC(C)CN(CC(=O)N1CCN(Cc2ccc(Cl)nc2)C1=O)CC(C)C. The van der Waals surface area contributed by atoms with E-state index in [0.29, 0.717) is 43.2 Å². The van der Waals surface area contributed by atoms with Gasteiger partial charge in [-0.1, -0.05) is 45.4 Å². The van der Waals surface area contributed by atoms with E-state index in [1.807, 2.05) is 6.07 Å². The Morgan fingerprint density at radius 3 is 2.38 bits per heavy atom. The number of nitrogens with zero attached hydrogens (tertiary/aromatic N) is 4. The van der Waals surface area contributed by atoms with Crippen LogP contribution < -0.4 is 0 Å². The number of rotatable bonds is 8. The lowest BCUT2D eigenvalue weighted by Gasteiger charge is -2.27. The summed E-state index contributed by atoms with van der Waals surface area (Å²) in [7, 11) is 0. The molecule has 0 bridgehead atoms. The fraction of sp³-hybridized carbons (Fsp3) is 0.632. The maximum absolute atomic E-state index is 12.7. The first kappa shape index (κ1) is 20.6. The van der Waals surface area contributed by atoms with Crippen molar-refractivity contribution in [3.63, 3.8) is 0 Å². The molecule has 0 aliphatic carbocycles. The summed E-state index contributed by atoms with van der Waals surface area (Å²) < 4.78 is 0. The summed E-state index contributed by atoms with van der Waals surface area (Å²) in [5.41, 5.74) is 0.901. The largest absolute Gasteiger partial charge is 0.327 e. The predicted molar refractivity (Wildman–Crippen MR) is 103 cm³/mol. The number of amides is 3. The lowest BCUT2D eigenvalue weighted by Crippen LogP contribution is -2.44. The third kappa shape index (κ3) is 5.95. The van der Waals surface area contributed by atoms with E-state index in [1.54, 1.807) is 17.2 Å². The predicted octanol–water partition coefficient (Wildman–Crippen LogP) is 3.11. The molecule has 0 atom stereocenters. The van der Waals surface area contributed by atoms with Gasteiger partial charge in [-0.3, -0.25) is 14.6 Å². The van der Waals surface area contributed by atoms with Gasteiger partial charge in [0.25, 0.3) is 0 Å². The molecule has 0 spiro atoms. The van der Waals surface area contributed by atoms with Crippen LogP contribution in [0.15, 0.2) is 18.3 Å². The molecule has 3 amide bonds. The van der Waals surface area contributed by atoms with Crippen molar-refractivity contribution in [2.75, 3.05) is 32.7 Å². The van der Waals surface area contributed by atoms with Gasteiger partial charge in [0, 0.05) is 38.9 Å². The van der Waals surface area contributed by atoms with Crippen LogP contribution >= 0.6 is 11.6 Å². The number of imide groups is 1. The number of carbonyl (C=O) groups is 2. The van der Waals surface area contributed by atoms with Gasteiger partial charge in [0.1, 0.15) is 5.15 Å². The van der Waals surface area contributed by atoms with E-state index in [-0.39, 0.29) is 11.9 Å². The molecule has 0 saturated carbocycles. The summed E-state index contributed by atoms with van der Waals surface area (Å²) in [6.45, 7) is 12.0. The number of hydrogen-bond acceptors (Lipinski definition) is 4. The Kier molecular flexibility index (Phi) is 7.41. The Hall–Kier alpha value is -1.66. The first-order valence-corrected chi connectivity index (χ1v) is 9.56. The number of halogens is 1. The van der Waals surface area contributed by atoms with Gasteiger partial charge in [0.15, 0.2) is 0 Å². The highest BCUT2D eigenvalue weighted by Gasteiger charge is 2.33. The highest BCUT2D eigenvalue weighted by molar-refractivity contribution is 6.29. The normalized spacial score (nSPS) is 15.0. The van der Waals surface area contributed by atoms with Gasteiger partial charge in [-0.2, -0.15) is 0 Å². The molecule has 1 aliphatic rings. The Labute approximate surface area is 161 Å². The van der Waals surface area contributed by atoms with E-state index in [2.05, 4.69) is 37.6 Å². The molecule has 0 radical (unpaired) electrons. The smallest absolute Gasteiger partial charge is 0.318 e. The van der Waals surface area contributed by atoms with E-state index in [1.165, 1.54) is 4.90 Å². The van der Waals surface area contributed by atoms with Crippen LogP contribution in [0.2, 0.25) is 5.15 Å². The highest BCUT2D eigenvalue weighted by Crippen LogP contribution is 2.15. The maximum atomic E-state index is 12.7. The lowest BCUT2D eigenvalue weighted by molar-refractivity contribution is -0.129. The van der Waals surface area contributed by atoms with Crippen LogP contribution in [0.3, 0.4) is 0 Å². The standard InChI is InChI=1S/C19H29ClN4O2/c1-14(2)10-22(11-15(3)4)13-18(25)24-8-7-23(19(24)26)12-16-5-6-17(20)21-9-16/h5-6,9,14-15H,7-8,10-13H2,1-4H3. The van der Waals surface area contributed by atoms with Crippen LogP contribution in [0.4, 0.5) is 4.79 Å². The highest BCUT2D eigenvalue weighted by atomic mass is 35.5. The molecule has 2 rings (SSSR count). The van der Waals surface area contributed by atoms with E-state index in [0.717, 1.165) is 18.7 Å². The van der Waals surface area contributed by atoms with E-state index < -0.39 is 0 Å². The number of hydrogen-bond donors (Lipinski definition) is 0. The van der Waals surface area contributed by atoms with Crippen molar-refractivity contribution in [1.82, 2.24) is 19.7 Å². The monoisotopic (exact) mass is 380 g/mol. The minimum atomic E-state index is -0.223. The zero-order chi connectivity index (χ0) is 19.3. The minimum Gasteiger partial charge on any atom is -0.318 e. The second-order valence-electron chi connectivity index (χ2n) is 7.72. The zero-order valence-electron chi connectivity index (χ0n) is 16.1. The molecule has 1 fully saturated rings. The number of carbonyl (C=O) groups excluding carboxylic acids is 2. The first-order valence-electron chi connectivity index (χ1n) is 9.18. The summed E-state index contributed by atoms with van der Waals surface area (Å²) >= 11 is 5.79. The Morgan fingerprint density at radius 2 is 1.85 bits per heavy atom. The molecule has 144 valence electrons. The van der Waals surface area contributed by atoms with Crippen LogP contribution in [0.1, 0.15) is 33.3 Å². The fourth-order valence-corrected chi connectivity index (χ4v) is 3.31. The van der Waals surface area contributed by atoms with Crippen molar-refractivity contribution < 1.29 is 9.59 Å². The van der Waals surface area contributed by atoms with Gasteiger partial charge < -0.3 is 4.90 Å². The molecular formula is C19H29ClN4O2. The van der Waals surface area contributed by atoms with Gasteiger partial charge in [-0.05, 0) is 23.5 Å². The van der Waals surface area contributed by atoms with Gasteiger partial charge in [0.05, 0.1) is 6.54 Å². The Balaban J connectivity index is 1.94. The van der Waals surface area contributed by atoms with Crippen molar-refractivity contribution in [2.24, 2.45) is 11.8 Å². The topological polar surface area (TPSA) is 56.8 Å². The zero-order valence-corrected chi connectivity index (χ0v) is 16.9. The molecule has 1 aliphatic heterocycles. The van der Waals surface area contributed by atoms with Crippen LogP contribution in [0.5, 0.6) is 0 Å². The van der Waals surface area contributed by atoms with Crippen LogP contribution in [-0.2, 0) is 11.3 Å². The molecule has 6 nitrogen and oxygen atoms in total. The summed E-state index contributed by atoms with van der Waals surface area (Å²) in [4.78, 5) is 34.5.